The Morgan fingerprint density at radius 2 is 1.78 bits per heavy atom. The minimum atomic E-state index is -4.68. The smallest absolute Gasteiger partial charge is 0.416 e. The molecule has 1 unspecified atom stereocenters. The van der Waals surface area contributed by atoms with Crippen LogP contribution in [0.25, 0.3) is 0 Å². The maximum atomic E-state index is 13.1. The van der Waals surface area contributed by atoms with Gasteiger partial charge in [-0.05, 0) is 24.1 Å². The standard InChI is InChI=1S/C21H21F3N2O6/c1-31-16-10-14(21(22,23)24)9-15(11-16)25-19(29)17(7-8-18(27)28)26-20(30)32-12-13-5-3-2-4-6-13/h2-6,9-11,17H,7-8,12H2,1H3,(H,25,29)(H,26,30)(H,27,28). The van der Waals surface area contributed by atoms with E-state index in [0.29, 0.717) is 11.6 Å². The summed E-state index contributed by atoms with van der Waals surface area (Å²) < 4.78 is 49.1. The Kier molecular flexibility index (Phi) is 8.45. The molecule has 0 radical (unpaired) electrons. The van der Waals surface area contributed by atoms with Gasteiger partial charge in [-0.15, -0.1) is 0 Å². The Balaban J connectivity index is 2.11. The van der Waals surface area contributed by atoms with Gasteiger partial charge < -0.3 is 25.2 Å². The molecular formula is C21H21F3N2O6. The van der Waals surface area contributed by atoms with Crippen LogP contribution < -0.4 is 15.4 Å². The lowest BCUT2D eigenvalue weighted by Gasteiger charge is -2.19. The molecule has 0 bridgehead atoms. The molecule has 172 valence electrons. The van der Waals surface area contributed by atoms with Gasteiger partial charge in [0.05, 0.1) is 12.7 Å². The lowest BCUT2D eigenvalue weighted by atomic mass is 10.1. The summed E-state index contributed by atoms with van der Waals surface area (Å²) >= 11 is 0. The number of alkyl carbamates (subject to hydrolysis) is 1. The number of rotatable bonds is 9. The van der Waals surface area contributed by atoms with Crippen molar-refractivity contribution in [1.82, 2.24) is 5.32 Å². The molecule has 0 aliphatic heterocycles. The summed E-state index contributed by atoms with van der Waals surface area (Å²) in [6, 6.07) is 9.93. The van der Waals surface area contributed by atoms with E-state index < -0.39 is 42.2 Å². The molecule has 0 aliphatic rings. The number of aliphatic carboxylic acids is 1. The molecule has 1 atom stereocenters. The normalized spacial score (nSPS) is 11.9. The van der Waals surface area contributed by atoms with Gasteiger partial charge in [-0.25, -0.2) is 4.79 Å². The minimum absolute atomic E-state index is 0.0925. The zero-order valence-corrected chi connectivity index (χ0v) is 16.9. The van der Waals surface area contributed by atoms with Gasteiger partial charge in [0.25, 0.3) is 0 Å². The van der Waals surface area contributed by atoms with Crippen LogP contribution in [0.15, 0.2) is 48.5 Å². The predicted octanol–water partition coefficient (Wildman–Crippen LogP) is 3.81. The minimum Gasteiger partial charge on any atom is -0.497 e. The molecule has 0 aromatic heterocycles. The molecule has 2 amide bonds. The maximum absolute atomic E-state index is 13.1. The third-order valence-corrected chi connectivity index (χ3v) is 4.21. The number of benzene rings is 2. The van der Waals surface area contributed by atoms with Crippen molar-refractivity contribution in [2.75, 3.05) is 12.4 Å². The molecule has 0 spiro atoms. The molecule has 0 aliphatic carbocycles. The number of hydrogen-bond acceptors (Lipinski definition) is 5. The molecule has 0 fully saturated rings. The van der Waals surface area contributed by atoms with Crippen molar-refractivity contribution < 1.29 is 42.1 Å². The van der Waals surface area contributed by atoms with Gasteiger partial charge in [0.15, 0.2) is 0 Å². The second kappa shape index (κ2) is 11.0. The number of alkyl halides is 3. The van der Waals surface area contributed by atoms with Crippen LogP contribution >= 0.6 is 0 Å². The molecule has 3 N–H and O–H groups in total. The maximum Gasteiger partial charge on any atom is 0.416 e. The number of carboxylic acid groups (broad SMARTS) is 1. The molecule has 32 heavy (non-hydrogen) atoms. The number of carbonyl (C=O) groups excluding carboxylic acids is 2. The highest BCUT2D eigenvalue weighted by Crippen LogP contribution is 2.34. The molecule has 0 saturated carbocycles. The van der Waals surface area contributed by atoms with Gasteiger partial charge in [0, 0.05) is 18.2 Å². The molecule has 11 heteroatoms. The van der Waals surface area contributed by atoms with Gasteiger partial charge in [-0.3, -0.25) is 9.59 Å². The van der Waals surface area contributed by atoms with Crippen LogP contribution in [0.1, 0.15) is 24.0 Å². The van der Waals surface area contributed by atoms with Crippen LogP contribution in [-0.2, 0) is 27.1 Å². The number of amides is 2. The summed E-state index contributed by atoms with van der Waals surface area (Å²) in [7, 11) is 1.17. The van der Waals surface area contributed by atoms with Crippen LogP contribution in [0.3, 0.4) is 0 Å². The largest absolute Gasteiger partial charge is 0.497 e. The summed E-state index contributed by atoms with van der Waals surface area (Å²) in [5.74, 6) is -2.28. The van der Waals surface area contributed by atoms with Crippen LogP contribution in [-0.4, -0.2) is 36.2 Å². The lowest BCUT2D eigenvalue weighted by molar-refractivity contribution is -0.138. The van der Waals surface area contributed by atoms with Gasteiger partial charge in [-0.2, -0.15) is 13.2 Å². The third-order valence-electron chi connectivity index (χ3n) is 4.21. The van der Waals surface area contributed by atoms with E-state index >= 15 is 0 Å². The summed E-state index contributed by atoms with van der Waals surface area (Å²) in [4.78, 5) is 35.6. The molecule has 2 aromatic rings. The fourth-order valence-electron chi connectivity index (χ4n) is 2.63. The number of anilines is 1. The Morgan fingerprint density at radius 3 is 2.38 bits per heavy atom. The summed E-state index contributed by atoms with van der Waals surface area (Å²) in [6.07, 6.45) is -6.45. The highest BCUT2D eigenvalue weighted by molar-refractivity contribution is 5.97. The van der Waals surface area contributed by atoms with Crippen molar-refractivity contribution >= 4 is 23.7 Å². The van der Waals surface area contributed by atoms with Crippen molar-refractivity contribution in [3.63, 3.8) is 0 Å². The summed E-state index contributed by atoms with van der Waals surface area (Å²) in [5, 5.41) is 13.4. The fourth-order valence-corrected chi connectivity index (χ4v) is 2.63. The first-order valence-electron chi connectivity index (χ1n) is 9.34. The first kappa shape index (κ1) is 24.5. The van der Waals surface area contributed by atoms with Crippen LogP contribution in [0.5, 0.6) is 5.75 Å². The first-order chi connectivity index (χ1) is 15.1. The third kappa shape index (κ3) is 7.82. The SMILES string of the molecule is COc1cc(NC(=O)C(CCC(=O)O)NC(=O)OCc2ccccc2)cc(C(F)(F)F)c1. The lowest BCUT2D eigenvalue weighted by Crippen LogP contribution is -2.44. The van der Waals surface area contributed by atoms with E-state index in [0.717, 1.165) is 12.1 Å². The topological polar surface area (TPSA) is 114 Å². The molecule has 2 aromatic carbocycles. The number of carbonyl (C=O) groups is 3. The Morgan fingerprint density at radius 1 is 1.09 bits per heavy atom. The van der Waals surface area contributed by atoms with Crippen LogP contribution in [0.4, 0.5) is 23.7 Å². The number of hydrogen-bond donors (Lipinski definition) is 3. The van der Waals surface area contributed by atoms with Crippen molar-refractivity contribution in [3.8, 4) is 5.75 Å². The van der Waals surface area contributed by atoms with E-state index in [1.807, 2.05) is 0 Å². The second-order valence-corrected chi connectivity index (χ2v) is 6.63. The first-order valence-corrected chi connectivity index (χ1v) is 9.34. The van der Waals surface area contributed by atoms with E-state index in [9.17, 15) is 27.6 Å². The molecule has 0 saturated heterocycles. The second-order valence-electron chi connectivity index (χ2n) is 6.63. The predicted molar refractivity (Wildman–Crippen MR) is 107 cm³/mol. The summed E-state index contributed by atoms with van der Waals surface area (Å²) in [6.45, 7) is -0.0925. The van der Waals surface area contributed by atoms with Gasteiger partial charge in [0.2, 0.25) is 5.91 Å². The van der Waals surface area contributed by atoms with Crippen LogP contribution in [0.2, 0.25) is 0 Å². The van der Waals surface area contributed by atoms with E-state index in [1.54, 1.807) is 30.3 Å². The Hall–Kier alpha value is -3.76. The van der Waals surface area contributed by atoms with Crippen molar-refractivity contribution in [1.29, 1.82) is 0 Å². The average molecular weight is 454 g/mol. The molecule has 8 nitrogen and oxygen atoms in total. The summed E-state index contributed by atoms with van der Waals surface area (Å²) in [5.41, 5.74) is -0.601. The van der Waals surface area contributed by atoms with Crippen LogP contribution in [0, 0.1) is 0 Å². The number of ether oxygens (including phenoxy) is 2. The van der Waals surface area contributed by atoms with E-state index in [1.165, 1.54) is 7.11 Å². The average Bonchev–Trinajstić information content (AvgIpc) is 2.74. The molecular weight excluding hydrogens is 433 g/mol. The van der Waals surface area contributed by atoms with Crippen molar-refractivity contribution in [2.45, 2.75) is 31.7 Å². The quantitative estimate of drug-likeness (QED) is 0.531. The van der Waals surface area contributed by atoms with Gasteiger partial charge in [-0.1, -0.05) is 30.3 Å². The number of carboxylic acids is 1. The molecule has 2 rings (SSSR count). The highest BCUT2D eigenvalue weighted by atomic mass is 19.4. The number of halogens is 3. The van der Waals surface area contributed by atoms with E-state index in [-0.39, 0.29) is 24.5 Å². The number of nitrogens with one attached hydrogen (secondary N) is 2. The fraction of sp³-hybridized carbons (Fsp3) is 0.286. The number of methoxy groups -OCH3 is 1. The highest BCUT2D eigenvalue weighted by Gasteiger charge is 2.32. The Labute approximate surface area is 181 Å². The monoisotopic (exact) mass is 454 g/mol. The zero-order chi connectivity index (χ0) is 23.7. The molecule has 0 heterocycles. The van der Waals surface area contributed by atoms with Gasteiger partial charge >= 0.3 is 18.2 Å². The van der Waals surface area contributed by atoms with E-state index in [4.69, 9.17) is 14.6 Å². The zero-order valence-electron chi connectivity index (χ0n) is 16.9. The Bertz CT molecular complexity index is 950. The van der Waals surface area contributed by atoms with Crippen molar-refractivity contribution in [3.05, 3.63) is 59.7 Å². The van der Waals surface area contributed by atoms with Gasteiger partial charge in [0.1, 0.15) is 18.4 Å². The van der Waals surface area contributed by atoms with Crippen molar-refractivity contribution in [2.24, 2.45) is 0 Å². The van der Waals surface area contributed by atoms with E-state index in [2.05, 4.69) is 10.6 Å².